The Bertz CT molecular complexity index is 876. The van der Waals surface area contributed by atoms with Crippen molar-refractivity contribution in [1.82, 2.24) is 5.32 Å². The minimum absolute atomic E-state index is 0.0388. The van der Waals surface area contributed by atoms with Crippen molar-refractivity contribution in [3.63, 3.8) is 0 Å². The fourth-order valence-electron chi connectivity index (χ4n) is 3.29. The molecule has 2 aromatic rings. The Kier molecular flexibility index (Phi) is 7.00. The van der Waals surface area contributed by atoms with E-state index in [-0.39, 0.29) is 19.6 Å². The summed E-state index contributed by atoms with van der Waals surface area (Å²) in [6, 6.07) is 12.4. The molecule has 1 saturated heterocycles. The number of alkyl carbamates (subject to hydrolysis) is 1. The van der Waals surface area contributed by atoms with Crippen LogP contribution in [0.3, 0.4) is 0 Å². The standard InChI is InChI=1S/C21H21Cl2NO5/c22-17-6-2-7-18(23)16(17)13-28-20(27)24-12-15-5-1-4-14(10-15)11-21(19(25)26)8-3-9-29-21/h1-2,4-7,10H,3,8-9,11-13H2,(H,24,27)(H,25,26). The van der Waals surface area contributed by atoms with E-state index in [1.165, 1.54) is 0 Å². The third kappa shape index (κ3) is 5.41. The van der Waals surface area contributed by atoms with Crippen molar-refractivity contribution in [2.75, 3.05) is 6.61 Å². The van der Waals surface area contributed by atoms with Crippen molar-refractivity contribution < 1.29 is 24.2 Å². The van der Waals surface area contributed by atoms with Gasteiger partial charge in [-0.05, 0) is 36.1 Å². The van der Waals surface area contributed by atoms with Gasteiger partial charge in [-0.3, -0.25) is 0 Å². The van der Waals surface area contributed by atoms with Gasteiger partial charge in [0.25, 0.3) is 0 Å². The van der Waals surface area contributed by atoms with Gasteiger partial charge < -0.3 is 19.9 Å². The molecule has 1 unspecified atom stereocenters. The summed E-state index contributed by atoms with van der Waals surface area (Å²) in [5, 5.41) is 13.1. The van der Waals surface area contributed by atoms with Crippen LogP contribution in [0.25, 0.3) is 0 Å². The van der Waals surface area contributed by atoms with Gasteiger partial charge in [0, 0.05) is 35.2 Å². The zero-order valence-corrected chi connectivity index (χ0v) is 17.1. The molecule has 0 aliphatic carbocycles. The molecule has 0 spiro atoms. The summed E-state index contributed by atoms with van der Waals surface area (Å²) in [5.41, 5.74) is 1.04. The van der Waals surface area contributed by atoms with E-state index in [0.717, 1.165) is 17.5 Å². The first-order chi connectivity index (χ1) is 13.9. The van der Waals surface area contributed by atoms with E-state index < -0.39 is 17.7 Å². The van der Waals surface area contributed by atoms with Crippen molar-refractivity contribution in [2.24, 2.45) is 0 Å². The normalized spacial score (nSPS) is 18.4. The number of amides is 1. The Hall–Kier alpha value is -2.28. The van der Waals surface area contributed by atoms with Crippen molar-refractivity contribution in [3.8, 4) is 0 Å². The summed E-state index contributed by atoms with van der Waals surface area (Å²) < 4.78 is 10.7. The van der Waals surface area contributed by atoms with Crippen LogP contribution in [-0.4, -0.2) is 29.4 Å². The molecule has 0 radical (unpaired) electrons. The average molecular weight is 438 g/mol. The SMILES string of the molecule is O=C(NCc1cccc(CC2(C(=O)O)CCCO2)c1)OCc1c(Cl)cccc1Cl. The Morgan fingerprint density at radius 1 is 1.14 bits per heavy atom. The van der Waals surface area contributed by atoms with Crippen LogP contribution in [0.1, 0.15) is 29.5 Å². The van der Waals surface area contributed by atoms with Crippen LogP contribution >= 0.6 is 23.2 Å². The van der Waals surface area contributed by atoms with Crippen LogP contribution in [0, 0.1) is 0 Å². The summed E-state index contributed by atoms with van der Waals surface area (Å²) >= 11 is 12.1. The molecule has 0 aromatic heterocycles. The molecular formula is C21H21Cl2NO5. The molecule has 1 fully saturated rings. The fourth-order valence-corrected chi connectivity index (χ4v) is 3.80. The molecule has 2 N–H and O–H groups in total. The Morgan fingerprint density at radius 2 is 1.83 bits per heavy atom. The van der Waals surface area contributed by atoms with Crippen LogP contribution in [-0.2, 0) is 33.8 Å². The summed E-state index contributed by atoms with van der Waals surface area (Å²) in [7, 11) is 0. The molecule has 1 atom stereocenters. The van der Waals surface area contributed by atoms with Gasteiger partial charge in [0.15, 0.2) is 5.60 Å². The first-order valence-corrected chi connectivity index (χ1v) is 9.94. The molecule has 154 valence electrons. The van der Waals surface area contributed by atoms with E-state index in [0.29, 0.717) is 28.6 Å². The van der Waals surface area contributed by atoms with E-state index in [4.69, 9.17) is 32.7 Å². The monoisotopic (exact) mass is 437 g/mol. The van der Waals surface area contributed by atoms with Crippen LogP contribution < -0.4 is 5.32 Å². The van der Waals surface area contributed by atoms with Crippen LogP contribution in [0.4, 0.5) is 4.79 Å². The predicted octanol–water partition coefficient (Wildman–Crippen LogP) is 4.60. The summed E-state index contributed by atoms with van der Waals surface area (Å²) in [5.74, 6) is -0.944. The summed E-state index contributed by atoms with van der Waals surface area (Å²) in [6.45, 7) is 0.654. The molecule has 1 heterocycles. The number of rotatable bonds is 7. The molecule has 2 aromatic carbocycles. The molecule has 1 aliphatic heterocycles. The lowest BCUT2D eigenvalue weighted by atomic mass is 9.91. The Balaban J connectivity index is 1.55. The second-order valence-electron chi connectivity index (χ2n) is 6.88. The highest BCUT2D eigenvalue weighted by Gasteiger charge is 2.42. The quantitative estimate of drug-likeness (QED) is 0.660. The minimum atomic E-state index is -1.17. The Morgan fingerprint density at radius 3 is 2.48 bits per heavy atom. The van der Waals surface area contributed by atoms with Gasteiger partial charge in [0.2, 0.25) is 0 Å². The number of carbonyl (C=O) groups is 2. The zero-order chi connectivity index (χ0) is 20.9. The molecule has 3 rings (SSSR count). The van der Waals surface area contributed by atoms with E-state index in [1.807, 2.05) is 24.3 Å². The lowest BCUT2D eigenvalue weighted by molar-refractivity contribution is -0.159. The first kappa shape index (κ1) is 21.4. The van der Waals surface area contributed by atoms with E-state index in [2.05, 4.69) is 5.32 Å². The topological polar surface area (TPSA) is 84.9 Å². The predicted molar refractivity (Wildman–Crippen MR) is 109 cm³/mol. The molecule has 0 saturated carbocycles. The number of carboxylic acids is 1. The maximum absolute atomic E-state index is 12.0. The maximum Gasteiger partial charge on any atom is 0.407 e. The number of carboxylic acid groups (broad SMARTS) is 1. The van der Waals surface area contributed by atoms with Gasteiger partial charge in [-0.15, -0.1) is 0 Å². The number of aliphatic carboxylic acids is 1. The van der Waals surface area contributed by atoms with Gasteiger partial charge in [-0.2, -0.15) is 0 Å². The highest BCUT2D eigenvalue weighted by Crippen LogP contribution is 2.30. The van der Waals surface area contributed by atoms with Gasteiger partial charge in [0.1, 0.15) is 6.61 Å². The second kappa shape index (κ2) is 9.48. The molecule has 1 aliphatic rings. The largest absolute Gasteiger partial charge is 0.479 e. The lowest BCUT2D eigenvalue weighted by Gasteiger charge is -2.23. The van der Waals surface area contributed by atoms with Crippen molar-refractivity contribution in [2.45, 2.75) is 38.0 Å². The maximum atomic E-state index is 12.0. The highest BCUT2D eigenvalue weighted by molar-refractivity contribution is 6.35. The van der Waals surface area contributed by atoms with Gasteiger partial charge >= 0.3 is 12.1 Å². The van der Waals surface area contributed by atoms with Gasteiger partial charge in [-0.25, -0.2) is 9.59 Å². The second-order valence-corrected chi connectivity index (χ2v) is 7.69. The average Bonchev–Trinajstić information content (AvgIpc) is 3.16. The van der Waals surface area contributed by atoms with Crippen LogP contribution in [0.15, 0.2) is 42.5 Å². The van der Waals surface area contributed by atoms with Crippen LogP contribution in [0.2, 0.25) is 10.0 Å². The zero-order valence-electron chi connectivity index (χ0n) is 15.6. The molecule has 6 nitrogen and oxygen atoms in total. The highest BCUT2D eigenvalue weighted by atomic mass is 35.5. The molecule has 1 amide bonds. The third-order valence-corrected chi connectivity index (χ3v) is 5.53. The smallest absolute Gasteiger partial charge is 0.407 e. The molecule has 8 heteroatoms. The number of hydrogen-bond acceptors (Lipinski definition) is 4. The molecular weight excluding hydrogens is 417 g/mol. The summed E-state index contributed by atoms with van der Waals surface area (Å²) in [4.78, 5) is 23.6. The van der Waals surface area contributed by atoms with E-state index in [1.54, 1.807) is 18.2 Å². The Labute approximate surface area is 178 Å². The minimum Gasteiger partial charge on any atom is -0.479 e. The van der Waals surface area contributed by atoms with E-state index in [9.17, 15) is 14.7 Å². The van der Waals surface area contributed by atoms with Crippen molar-refractivity contribution in [1.29, 1.82) is 0 Å². The van der Waals surface area contributed by atoms with Gasteiger partial charge in [-0.1, -0.05) is 53.5 Å². The summed E-state index contributed by atoms with van der Waals surface area (Å²) in [6.07, 6.45) is 0.898. The molecule has 0 bridgehead atoms. The lowest BCUT2D eigenvalue weighted by Crippen LogP contribution is -2.40. The number of hydrogen-bond donors (Lipinski definition) is 2. The van der Waals surface area contributed by atoms with E-state index >= 15 is 0 Å². The molecule has 29 heavy (non-hydrogen) atoms. The van der Waals surface area contributed by atoms with Gasteiger partial charge in [0.05, 0.1) is 0 Å². The number of carbonyl (C=O) groups excluding carboxylic acids is 1. The number of benzene rings is 2. The van der Waals surface area contributed by atoms with Crippen LogP contribution in [0.5, 0.6) is 0 Å². The first-order valence-electron chi connectivity index (χ1n) is 9.18. The number of ether oxygens (including phenoxy) is 2. The number of halogens is 2. The number of nitrogens with one attached hydrogen (secondary N) is 1. The van der Waals surface area contributed by atoms with Crippen molar-refractivity contribution >= 4 is 35.3 Å². The van der Waals surface area contributed by atoms with Crippen molar-refractivity contribution in [3.05, 3.63) is 69.2 Å². The fraction of sp³-hybridized carbons (Fsp3) is 0.333. The third-order valence-electron chi connectivity index (χ3n) is 4.82.